The fourth-order valence-corrected chi connectivity index (χ4v) is 5.21. The van der Waals surface area contributed by atoms with Gasteiger partial charge >= 0.3 is 11.9 Å². The van der Waals surface area contributed by atoms with Gasteiger partial charge in [-0.05, 0) is 48.6 Å². The fraction of sp³-hybridized carbons (Fsp3) is 0.350. The average Bonchev–Trinajstić information content (AvgIpc) is 3.17. The van der Waals surface area contributed by atoms with Gasteiger partial charge in [-0.2, -0.15) is 0 Å². The summed E-state index contributed by atoms with van der Waals surface area (Å²) in [6.07, 6.45) is 0. The smallest absolute Gasteiger partial charge is 0.326 e. The van der Waals surface area contributed by atoms with E-state index < -0.39 is 59.7 Å². The molecule has 4 aromatic carbocycles. The van der Waals surface area contributed by atoms with Crippen molar-refractivity contribution in [1.82, 2.24) is 21.3 Å². The predicted molar refractivity (Wildman–Crippen MR) is 215 cm³/mol. The van der Waals surface area contributed by atoms with Crippen molar-refractivity contribution >= 4 is 57.1 Å². The summed E-state index contributed by atoms with van der Waals surface area (Å²) in [7, 11) is 0. The Labute approximate surface area is 335 Å². The summed E-state index contributed by atoms with van der Waals surface area (Å²) >= 11 is 0. The molecule has 4 aromatic rings. The molecule has 0 fully saturated rings. The van der Waals surface area contributed by atoms with Crippen LogP contribution in [0.25, 0.3) is 21.5 Å². The molecule has 0 saturated heterocycles. The minimum atomic E-state index is -1.11. The highest BCUT2D eigenvalue weighted by molar-refractivity contribution is 5.93. The topological polar surface area (TPSA) is 313 Å². The zero-order chi connectivity index (χ0) is 41.9. The molecule has 0 unspecified atom stereocenters. The van der Waals surface area contributed by atoms with E-state index in [1.54, 1.807) is 39.8 Å². The maximum atomic E-state index is 12.1. The van der Waals surface area contributed by atoms with E-state index in [0.717, 1.165) is 21.5 Å². The third kappa shape index (κ3) is 16.0. The number of benzene rings is 4. The van der Waals surface area contributed by atoms with Crippen LogP contribution in [0.1, 0.15) is 41.5 Å². The van der Waals surface area contributed by atoms with Crippen LogP contribution in [0, 0.1) is 11.8 Å². The molecule has 58 heavy (non-hydrogen) atoms. The Morgan fingerprint density at radius 2 is 0.810 bits per heavy atom. The van der Waals surface area contributed by atoms with E-state index in [0.29, 0.717) is 11.5 Å². The van der Waals surface area contributed by atoms with E-state index in [4.69, 9.17) is 30.2 Å². The lowest BCUT2D eigenvalue weighted by Crippen LogP contribution is -2.52. The third-order valence-electron chi connectivity index (χ3n) is 8.22. The Bertz CT molecular complexity index is 1810. The van der Waals surface area contributed by atoms with E-state index in [2.05, 4.69) is 21.3 Å². The predicted octanol–water partition coefficient (Wildman–Crippen LogP) is 2.27. The summed E-state index contributed by atoms with van der Waals surface area (Å²) < 4.78 is 11.2. The van der Waals surface area contributed by atoms with Crippen LogP contribution < -0.4 is 30.7 Å². The zero-order valence-electron chi connectivity index (χ0n) is 33.0. The monoisotopic (exact) mass is 814 g/mol. The second-order valence-corrected chi connectivity index (χ2v) is 13.2. The van der Waals surface area contributed by atoms with Crippen molar-refractivity contribution in [2.75, 3.05) is 13.2 Å². The van der Waals surface area contributed by atoms with Crippen molar-refractivity contribution in [3.05, 3.63) is 84.9 Å². The standard InChI is InChI=1S/2C20H24N2O5.H2O2.2H2O/c2*1-12(2)18(20(25)26)22-19(24)13(3)21-17(23)11-27-16-10-6-8-14-7-4-5-9-15(14)16;1-2;;/h2*4-10,12-13,18H,11H2,1-3H3,(H,21,23)(H,22,24)(H,25,26);1-2H;2*1H2/t2*13-,18-;;;/m00.../s1. The lowest BCUT2D eigenvalue weighted by Gasteiger charge is -2.21. The van der Waals surface area contributed by atoms with Gasteiger partial charge in [0, 0.05) is 10.8 Å². The Morgan fingerprint density at radius 1 is 0.500 bits per heavy atom. The molecule has 18 heteroatoms. The normalized spacial score (nSPS) is 12.2. The summed E-state index contributed by atoms with van der Waals surface area (Å²) in [5, 5.41) is 43.9. The summed E-state index contributed by atoms with van der Waals surface area (Å²) in [6, 6.07) is 22.6. The molecule has 0 aliphatic carbocycles. The summed E-state index contributed by atoms with van der Waals surface area (Å²) in [6.45, 7) is 9.26. The van der Waals surface area contributed by atoms with Gasteiger partial charge in [0.1, 0.15) is 35.7 Å². The van der Waals surface area contributed by atoms with Gasteiger partial charge in [0.15, 0.2) is 13.2 Å². The SMILES string of the molecule is CC(C)[C@H](NC(=O)[C@H](C)NC(=O)COc1cccc2ccccc12)C(=O)O.CC(C)[C@H](NC(=O)[C@H](C)NC(=O)COc1cccc2ccccc12)C(=O)O.O.O.OO. The van der Waals surface area contributed by atoms with Crippen molar-refractivity contribution < 1.29 is 69.9 Å². The van der Waals surface area contributed by atoms with Crippen LogP contribution in [0.2, 0.25) is 0 Å². The highest BCUT2D eigenvalue weighted by Crippen LogP contribution is 2.26. The molecular weight excluding hydrogens is 760 g/mol. The first kappa shape index (κ1) is 51.7. The number of aliphatic carboxylic acids is 2. The number of ether oxygens (including phenoxy) is 2. The Kier molecular flexibility index (Phi) is 22.9. The number of carbonyl (C=O) groups excluding carboxylic acids is 4. The highest BCUT2D eigenvalue weighted by atomic mass is 17.0. The molecule has 0 aliphatic heterocycles. The van der Waals surface area contributed by atoms with Gasteiger partial charge in [0.05, 0.1) is 0 Å². The number of amides is 4. The number of hydrogen-bond acceptors (Lipinski definition) is 10. The molecule has 4 rings (SSSR count). The molecule has 0 bridgehead atoms. The average molecular weight is 815 g/mol. The van der Waals surface area contributed by atoms with Crippen LogP contribution in [-0.2, 0) is 28.8 Å². The van der Waals surface area contributed by atoms with Crippen molar-refractivity contribution in [3.8, 4) is 11.5 Å². The van der Waals surface area contributed by atoms with E-state index in [9.17, 15) is 28.8 Å². The molecule has 318 valence electrons. The molecule has 0 spiro atoms. The van der Waals surface area contributed by atoms with Gasteiger partial charge in [-0.3, -0.25) is 29.7 Å². The molecule has 4 atom stereocenters. The van der Waals surface area contributed by atoms with Gasteiger partial charge in [0.2, 0.25) is 11.8 Å². The van der Waals surface area contributed by atoms with E-state index in [1.807, 2.05) is 72.8 Å². The summed E-state index contributed by atoms with van der Waals surface area (Å²) in [5.41, 5.74) is 0. The van der Waals surface area contributed by atoms with Crippen LogP contribution in [-0.4, -0.2) is 105 Å². The number of carboxylic acid groups (broad SMARTS) is 2. The molecule has 4 amide bonds. The molecule has 18 nitrogen and oxygen atoms in total. The fourth-order valence-electron chi connectivity index (χ4n) is 5.21. The van der Waals surface area contributed by atoms with Crippen LogP contribution in [0.5, 0.6) is 11.5 Å². The van der Waals surface area contributed by atoms with Crippen molar-refractivity contribution in [1.29, 1.82) is 0 Å². The number of rotatable bonds is 16. The van der Waals surface area contributed by atoms with Gasteiger partial charge in [0.25, 0.3) is 11.8 Å². The van der Waals surface area contributed by atoms with Gasteiger partial charge < -0.3 is 51.9 Å². The van der Waals surface area contributed by atoms with Gasteiger partial charge in [-0.25, -0.2) is 9.59 Å². The summed E-state index contributed by atoms with van der Waals surface area (Å²) in [5.74, 6) is -3.69. The van der Waals surface area contributed by atoms with Crippen LogP contribution >= 0.6 is 0 Å². The molecule has 0 aliphatic rings. The third-order valence-corrected chi connectivity index (χ3v) is 8.22. The number of carboxylic acids is 2. The van der Waals surface area contributed by atoms with Crippen LogP contribution in [0.4, 0.5) is 0 Å². The lowest BCUT2D eigenvalue weighted by molar-refractivity contribution is -0.176. The number of fused-ring (bicyclic) bond motifs is 2. The Balaban J connectivity index is 0.00000104. The van der Waals surface area contributed by atoms with Crippen molar-refractivity contribution in [2.45, 2.75) is 65.7 Å². The number of hydrogen-bond donors (Lipinski definition) is 8. The lowest BCUT2D eigenvalue weighted by atomic mass is 10.0. The zero-order valence-corrected chi connectivity index (χ0v) is 33.0. The molecule has 0 radical (unpaired) electrons. The quantitative estimate of drug-likeness (QED) is 0.0597. The summed E-state index contributed by atoms with van der Waals surface area (Å²) in [4.78, 5) is 70.7. The molecule has 12 N–H and O–H groups in total. The van der Waals surface area contributed by atoms with Gasteiger partial charge in [-0.15, -0.1) is 0 Å². The van der Waals surface area contributed by atoms with E-state index >= 15 is 0 Å². The van der Waals surface area contributed by atoms with Crippen molar-refractivity contribution in [2.24, 2.45) is 11.8 Å². The second kappa shape index (κ2) is 25.7. The van der Waals surface area contributed by atoms with Crippen LogP contribution in [0.3, 0.4) is 0 Å². The minimum Gasteiger partial charge on any atom is -0.483 e. The first-order valence-electron chi connectivity index (χ1n) is 17.6. The molecular formula is C40H54N4O14. The maximum Gasteiger partial charge on any atom is 0.326 e. The largest absolute Gasteiger partial charge is 0.483 e. The Morgan fingerprint density at radius 3 is 1.12 bits per heavy atom. The van der Waals surface area contributed by atoms with Crippen LogP contribution in [0.15, 0.2) is 84.9 Å². The highest BCUT2D eigenvalue weighted by Gasteiger charge is 2.27. The first-order valence-corrected chi connectivity index (χ1v) is 17.6. The minimum absolute atomic E-state index is 0. The van der Waals surface area contributed by atoms with Gasteiger partial charge in [-0.1, -0.05) is 100 Å². The van der Waals surface area contributed by atoms with E-state index in [-0.39, 0.29) is 36.0 Å². The number of carbonyl (C=O) groups is 6. The molecule has 0 saturated carbocycles. The maximum absolute atomic E-state index is 12.1. The molecule has 0 heterocycles. The number of nitrogens with one attached hydrogen (secondary N) is 4. The molecule has 0 aromatic heterocycles. The second-order valence-electron chi connectivity index (χ2n) is 13.2. The Hall–Kier alpha value is -6.34. The van der Waals surface area contributed by atoms with E-state index in [1.165, 1.54) is 13.8 Å². The first-order chi connectivity index (χ1) is 26.6. The van der Waals surface area contributed by atoms with Crippen molar-refractivity contribution in [3.63, 3.8) is 0 Å².